The number of nitrogens with one attached hydrogen (secondary N) is 2. The molecule has 1 rings (SSSR count). The maximum atomic E-state index is 11.6. The molecule has 3 amide bonds. The van der Waals surface area contributed by atoms with Crippen LogP contribution < -0.4 is 16.4 Å². The first-order chi connectivity index (χ1) is 9.06. The van der Waals surface area contributed by atoms with Crippen molar-refractivity contribution >= 4 is 17.6 Å². The van der Waals surface area contributed by atoms with Crippen LogP contribution in [0, 0.1) is 0 Å². The number of rotatable bonds is 5. The van der Waals surface area contributed by atoms with E-state index in [9.17, 15) is 9.59 Å². The third-order valence-corrected chi connectivity index (χ3v) is 2.72. The monoisotopic (exact) mass is 264 g/mol. The number of carbonyl (C=O) groups is 2. The van der Waals surface area contributed by atoms with E-state index in [-0.39, 0.29) is 12.5 Å². The van der Waals surface area contributed by atoms with Crippen LogP contribution in [0.2, 0.25) is 0 Å². The van der Waals surface area contributed by atoms with Crippen LogP contribution in [0.1, 0.15) is 12.5 Å². The highest BCUT2D eigenvalue weighted by Crippen LogP contribution is 2.09. The Labute approximate surface area is 113 Å². The fraction of sp³-hybridized carbons (Fsp3) is 0.385. The summed E-state index contributed by atoms with van der Waals surface area (Å²) in [6.45, 7) is 2.88. The van der Waals surface area contributed by atoms with Gasteiger partial charge in [0.1, 0.15) is 0 Å². The fourth-order valence-electron chi connectivity index (χ4n) is 1.42. The van der Waals surface area contributed by atoms with Gasteiger partial charge < -0.3 is 21.3 Å². The van der Waals surface area contributed by atoms with Crippen molar-refractivity contribution in [3.8, 4) is 0 Å². The molecule has 1 aromatic rings. The molecule has 0 atom stereocenters. The van der Waals surface area contributed by atoms with Crippen LogP contribution in [-0.4, -0.2) is 37.0 Å². The summed E-state index contributed by atoms with van der Waals surface area (Å²) in [6, 6.07) is 6.83. The number of anilines is 1. The van der Waals surface area contributed by atoms with Gasteiger partial charge in [0.2, 0.25) is 5.91 Å². The van der Waals surface area contributed by atoms with Gasteiger partial charge in [-0.1, -0.05) is 12.1 Å². The van der Waals surface area contributed by atoms with Crippen molar-refractivity contribution < 1.29 is 9.59 Å². The highest BCUT2D eigenvalue weighted by molar-refractivity contribution is 5.92. The molecular formula is C13H20N4O2. The van der Waals surface area contributed by atoms with Crippen LogP contribution in [0.25, 0.3) is 0 Å². The van der Waals surface area contributed by atoms with Crippen molar-refractivity contribution in [3.63, 3.8) is 0 Å². The Morgan fingerprint density at radius 1 is 1.37 bits per heavy atom. The standard InChI is InChI=1S/C13H20N4O2/c1-3-17(2)12(18)9-15-13(19)16-11-6-4-5-10(7-11)8-14/h4-7H,3,8-9,14H2,1-2H3,(H2,15,16,19). The minimum absolute atomic E-state index is 0.0211. The lowest BCUT2D eigenvalue weighted by atomic mass is 10.2. The topological polar surface area (TPSA) is 87.5 Å². The normalized spacial score (nSPS) is 9.84. The van der Waals surface area contributed by atoms with Crippen molar-refractivity contribution in [1.29, 1.82) is 0 Å². The van der Waals surface area contributed by atoms with Gasteiger partial charge in [-0.3, -0.25) is 4.79 Å². The van der Waals surface area contributed by atoms with Crippen molar-refractivity contribution in [2.75, 3.05) is 25.5 Å². The molecule has 0 aliphatic heterocycles. The SMILES string of the molecule is CCN(C)C(=O)CNC(=O)Nc1cccc(CN)c1. The van der Waals surface area contributed by atoms with Gasteiger partial charge in [-0.15, -0.1) is 0 Å². The lowest BCUT2D eigenvalue weighted by molar-refractivity contribution is -0.128. The van der Waals surface area contributed by atoms with E-state index in [1.54, 1.807) is 19.2 Å². The van der Waals surface area contributed by atoms with Crippen LogP contribution in [-0.2, 0) is 11.3 Å². The first-order valence-corrected chi connectivity index (χ1v) is 6.14. The van der Waals surface area contributed by atoms with Gasteiger partial charge in [0, 0.05) is 25.8 Å². The van der Waals surface area contributed by atoms with Crippen LogP contribution >= 0.6 is 0 Å². The molecule has 19 heavy (non-hydrogen) atoms. The van der Waals surface area contributed by atoms with Gasteiger partial charge in [0.15, 0.2) is 0 Å². The molecule has 0 saturated carbocycles. The summed E-state index contributed by atoms with van der Waals surface area (Å²) in [4.78, 5) is 24.6. The maximum absolute atomic E-state index is 11.6. The van der Waals surface area contributed by atoms with Gasteiger partial charge in [-0.2, -0.15) is 0 Å². The highest BCUT2D eigenvalue weighted by atomic mass is 16.2. The van der Waals surface area contributed by atoms with Crippen molar-refractivity contribution in [2.24, 2.45) is 5.73 Å². The summed E-state index contributed by atoms with van der Waals surface area (Å²) in [5.41, 5.74) is 7.10. The maximum Gasteiger partial charge on any atom is 0.319 e. The second-order valence-electron chi connectivity index (χ2n) is 4.12. The van der Waals surface area contributed by atoms with E-state index in [0.29, 0.717) is 18.8 Å². The average molecular weight is 264 g/mol. The van der Waals surface area contributed by atoms with Gasteiger partial charge in [-0.25, -0.2) is 4.79 Å². The largest absolute Gasteiger partial charge is 0.345 e. The highest BCUT2D eigenvalue weighted by Gasteiger charge is 2.08. The van der Waals surface area contributed by atoms with Crippen molar-refractivity contribution in [2.45, 2.75) is 13.5 Å². The Kier molecular flexibility index (Phi) is 5.81. The zero-order valence-electron chi connectivity index (χ0n) is 11.3. The predicted molar refractivity (Wildman–Crippen MR) is 74.7 cm³/mol. The van der Waals surface area contributed by atoms with Crippen LogP contribution in [0.3, 0.4) is 0 Å². The Morgan fingerprint density at radius 3 is 2.74 bits per heavy atom. The molecule has 6 heteroatoms. The molecule has 104 valence electrons. The summed E-state index contributed by atoms with van der Waals surface area (Å²) >= 11 is 0. The quantitative estimate of drug-likeness (QED) is 0.733. The van der Waals surface area contributed by atoms with Crippen LogP contribution in [0.15, 0.2) is 24.3 Å². The zero-order chi connectivity index (χ0) is 14.3. The predicted octanol–water partition coefficient (Wildman–Crippen LogP) is 0.745. The molecule has 0 radical (unpaired) electrons. The van der Waals surface area contributed by atoms with Crippen molar-refractivity contribution in [1.82, 2.24) is 10.2 Å². The number of urea groups is 1. The van der Waals surface area contributed by atoms with E-state index in [2.05, 4.69) is 10.6 Å². The summed E-state index contributed by atoms with van der Waals surface area (Å²) in [6.07, 6.45) is 0. The average Bonchev–Trinajstić information content (AvgIpc) is 2.44. The number of amides is 3. The summed E-state index contributed by atoms with van der Waals surface area (Å²) in [5, 5.41) is 5.16. The van der Waals surface area contributed by atoms with Crippen LogP contribution in [0.4, 0.5) is 10.5 Å². The number of benzene rings is 1. The Hall–Kier alpha value is -2.08. The van der Waals surface area contributed by atoms with E-state index in [1.807, 2.05) is 19.1 Å². The van der Waals surface area contributed by atoms with Crippen LogP contribution in [0.5, 0.6) is 0 Å². The van der Waals surface area contributed by atoms with E-state index >= 15 is 0 Å². The smallest absolute Gasteiger partial charge is 0.319 e. The first kappa shape index (κ1) is 15.0. The summed E-state index contributed by atoms with van der Waals surface area (Å²) in [5.74, 6) is -0.131. The zero-order valence-corrected chi connectivity index (χ0v) is 11.3. The molecule has 0 aromatic heterocycles. The fourth-order valence-corrected chi connectivity index (χ4v) is 1.42. The molecule has 1 aromatic carbocycles. The summed E-state index contributed by atoms with van der Waals surface area (Å²) in [7, 11) is 1.69. The van der Waals surface area contributed by atoms with E-state index in [0.717, 1.165) is 5.56 Å². The Balaban J connectivity index is 2.44. The molecule has 0 unspecified atom stereocenters. The molecule has 0 spiro atoms. The lowest BCUT2D eigenvalue weighted by Gasteiger charge is -2.15. The number of likely N-dealkylation sites (N-methyl/N-ethyl adjacent to an activating group) is 1. The molecule has 0 bridgehead atoms. The Bertz CT molecular complexity index is 448. The lowest BCUT2D eigenvalue weighted by Crippen LogP contribution is -2.39. The van der Waals surface area contributed by atoms with Gasteiger partial charge in [0.05, 0.1) is 6.54 Å². The second-order valence-corrected chi connectivity index (χ2v) is 4.12. The molecule has 0 heterocycles. The minimum atomic E-state index is -0.410. The molecular weight excluding hydrogens is 244 g/mol. The minimum Gasteiger partial charge on any atom is -0.345 e. The molecule has 0 aliphatic rings. The number of hydrogen-bond acceptors (Lipinski definition) is 3. The van der Waals surface area contributed by atoms with Gasteiger partial charge >= 0.3 is 6.03 Å². The third kappa shape index (κ3) is 4.97. The number of nitrogens with two attached hydrogens (primary N) is 1. The molecule has 6 nitrogen and oxygen atoms in total. The second kappa shape index (κ2) is 7.38. The molecule has 0 aliphatic carbocycles. The third-order valence-electron chi connectivity index (χ3n) is 2.72. The number of nitrogens with zero attached hydrogens (tertiary/aromatic N) is 1. The van der Waals surface area contributed by atoms with Gasteiger partial charge in [0.25, 0.3) is 0 Å². The van der Waals surface area contributed by atoms with E-state index in [1.165, 1.54) is 4.90 Å². The molecule has 4 N–H and O–H groups in total. The van der Waals surface area contributed by atoms with Gasteiger partial charge in [-0.05, 0) is 24.6 Å². The van der Waals surface area contributed by atoms with Crippen molar-refractivity contribution in [3.05, 3.63) is 29.8 Å². The van der Waals surface area contributed by atoms with E-state index < -0.39 is 6.03 Å². The first-order valence-electron chi connectivity index (χ1n) is 6.14. The Morgan fingerprint density at radius 2 is 2.11 bits per heavy atom. The summed E-state index contributed by atoms with van der Waals surface area (Å²) < 4.78 is 0. The molecule has 0 fully saturated rings. The van der Waals surface area contributed by atoms with E-state index in [4.69, 9.17) is 5.73 Å². The number of carbonyl (C=O) groups excluding carboxylic acids is 2. The number of hydrogen-bond donors (Lipinski definition) is 3. The molecule has 0 saturated heterocycles.